The number of H-pyrrole nitrogens is 1. The van der Waals surface area contributed by atoms with Gasteiger partial charge >= 0.3 is 0 Å². The van der Waals surface area contributed by atoms with Crippen molar-refractivity contribution in [3.05, 3.63) is 23.5 Å². The standard InChI is InChI=1S/C18H27N3/c1-3-7-15(8-4-1)19-13-17-11-12-18(21-17)14-20-16-9-5-2-6-10-16/h11-16,21H,1-10H2. The molecule has 1 N–H and O–H groups in total. The third-order valence-electron chi connectivity index (χ3n) is 4.73. The van der Waals surface area contributed by atoms with Crippen molar-refractivity contribution in [2.75, 3.05) is 0 Å². The molecular weight excluding hydrogens is 258 g/mol. The topological polar surface area (TPSA) is 40.5 Å². The first-order valence-electron chi connectivity index (χ1n) is 8.65. The predicted octanol–water partition coefficient (Wildman–Crippen LogP) is 4.52. The SMILES string of the molecule is C(=NC1CCCCC1)c1ccc(C=NC2CCCCC2)[nH]1. The van der Waals surface area contributed by atoms with Crippen molar-refractivity contribution < 1.29 is 0 Å². The van der Waals surface area contributed by atoms with E-state index >= 15 is 0 Å². The average Bonchev–Trinajstić information content (AvgIpc) is 3.01. The zero-order chi connectivity index (χ0) is 14.3. The first kappa shape index (κ1) is 14.6. The highest BCUT2D eigenvalue weighted by Gasteiger charge is 2.11. The Morgan fingerprint density at radius 3 is 1.57 bits per heavy atom. The van der Waals surface area contributed by atoms with Gasteiger partial charge in [-0.3, -0.25) is 9.98 Å². The lowest BCUT2D eigenvalue weighted by Gasteiger charge is -2.17. The molecule has 0 atom stereocenters. The first-order valence-corrected chi connectivity index (χ1v) is 8.65. The van der Waals surface area contributed by atoms with Gasteiger partial charge in [-0.05, 0) is 37.8 Å². The molecule has 2 aliphatic carbocycles. The van der Waals surface area contributed by atoms with Crippen molar-refractivity contribution in [3.63, 3.8) is 0 Å². The fraction of sp³-hybridized carbons (Fsp3) is 0.667. The van der Waals surface area contributed by atoms with Crippen molar-refractivity contribution in [3.8, 4) is 0 Å². The molecule has 0 aromatic carbocycles. The number of hydrogen-bond donors (Lipinski definition) is 1. The summed E-state index contributed by atoms with van der Waals surface area (Å²) in [5.41, 5.74) is 2.20. The molecule has 0 amide bonds. The van der Waals surface area contributed by atoms with Crippen molar-refractivity contribution >= 4 is 12.4 Å². The van der Waals surface area contributed by atoms with E-state index in [1.54, 1.807) is 0 Å². The lowest BCUT2D eigenvalue weighted by Crippen LogP contribution is -2.10. The quantitative estimate of drug-likeness (QED) is 0.790. The summed E-state index contributed by atoms with van der Waals surface area (Å²) in [4.78, 5) is 12.8. The van der Waals surface area contributed by atoms with Crippen LogP contribution in [0.1, 0.15) is 75.6 Å². The van der Waals surface area contributed by atoms with Crippen LogP contribution in [0.5, 0.6) is 0 Å². The monoisotopic (exact) mass is 285 g/mol. The highest BCUT2D eigenvalue weighted by molar-refractivity contribution is 5.83. The molecule has 0 spiro atoms. The fourth-order valence-electron chi connectivity index (χ4n) is 3.41. The Bertz CT molecular complexity index is 432. The van der Waals surface area contributed by atoms with Crippen molar-refractivity contribution in [1.29, 1.82) is 0 Å². The van der Waals surface area contributed by atoms with Gasteiger partial charge in [0.05, 0.1) is 23.5 Å². The molecule has 2 aliphatic rings. The molecule has 0 radical (unpaired) electrons. The summed E-state index contributed by atoms with van der Waals surface area (Å²) in [6.07, 6.45) is 17.2. The molecule has 1 aromatic heterocycles. The van der Waals surface area contributed by atoms with E-state index in [4.69, 9.17) is 9.98 Å². The summed E-state index contributed by atoms with van der Waals surface area (Å²) in [5.74, 6) is 0. The van der Waals surface area contributed by atoms with Gasteiger partial charge in [0, 0.05) is 12.4 Å². The van der Waals surface area contributed by atoms with Gasteiger partial charge in [-0.2, -0.15) is 0 Å². The summed E-state index contributed by atoms with van der Waals surface area (Å²) in [7, 11) is 0. The lowest BCUT2D eigenvalue weighted by molar-refractivity contribution is 0.444. The van der Waals surface area contributed by atoms with E-state index in [1.165, 1.54) is 64.2 Å². The minimum atomic E-state index is 0.543. The second-order valence-corrected chi connectivity index (χ2v) is 6.51. The number of rotatable bonds is 4. The molecule has 0 unspecified atom stereocenters. The van der Waals surface area contributed by atoms with Gasteiger partial charge in [0.25, 0.3) is 0 Å². The Hall–Kier alpha value is -1.38. The van der Waals surface area contributed by atoms with Crippen LogP contribution in [0.2, 0.25) is 0 Å². The van der Waals surface area contributed by atoms with Crippen molar-refractivity contribution in [1.82, 2.24) is 4.98 Å². The summed E-state index contributed by atoms with van der Waals surface area (Å²) in [5, 5.41) is 0. The third kappa shape index (κ3) is 4.55. The van der Waals surface area contributed by atoms with E-state index in [1.807, 2.05) is 12.4 Å². The Balaban J connectivity index is 1.52. The Labute approximate surface area is 128 Å². The van der Waals surface area contributed by atoms with E-state index in [-0.39, 0.29) is 0 Å². The number of aromatic amines is 1. The Kier molecular flexibility index (Phi) is 5.25. The molecule has 3 rings (SSSR count). The molecular formula is C18H27N3. The molecule has 1 aromatic rings. The molecule has 114 valence electrons. The highest BCUT2D eigenvalue weighted by Crippen LogP contribution is 2.21. The zero-order valence-corrected chi connectivity index (χ0v) is 12.9. The van der Waals surface area contributed by atoms with Crippen LogP contribution >= 0.6 is 0 Å². The van der Waals surface area contributed by atoms with E-state index in [2.05, 4.69) is 17.1 Å². The van der Waals surface area contributed by atoms with Gasteiger partial charge in [0.2, 0.25) is 0 Å². The van der Waals surface area contributed by atoms with Crippen molar-refractivity contribution in [2.45, 2.75) is 76.3 Å². The summed E-state index contributed by atoms with van der Waals surface area (Å²) >= 11 is 0. The van der Waals surface area contributed by atoms with Crippen LogP contribution in [0, 0.1) is 0 Å². The second kappa shape index (κ2) is 7.58. The number of aliphatic imine (C=N–C) groups is 2. The van der Waals surface area contributed by atoms with Gasteiger partial charge in [-0.1, -0.05) is 38.5 Å². The smallest absolute Gasteiger partial charge is 0.0567 e. The lowest BCUT2D eigenvalue weighted by atomic mass is 9.96. The minimum Gasteiger partial charge on any atom is -0.353 e. The number of hydrogen-bond acceptors (Lipinski definition) is 2. The number of nitrogens with one attached hydrogen (secondary N) is 1. The van der Waals surface area contributed by atoms with Gasteiger partial charge in [-0.15, -0.1) is 0 Å². The number of aromatic nitrogens is 1. The van der Waals surface area contributed by atoms with Gasteiger partial charge < -0.3 is 4.98 Å². The predicted molar refractivity (Wildman–Crippen MR) is 89.7 cm³/mol. The van der Waals surface area contributed by atoms with E-state index in [0.29, 0.717) is 12.1 Å². The molecule has 0 saturated heterocycles. The highest BCUT2D eigenvalue weighted by atomic mass is 14.8. The molecule has 2 saturated carbocycles. The maximum atomic E-state index is 4.72. The molecule has 21 heavy (non-hydrogen) atoms. The zero-order valence-electron chi connectivity index (χ0n) is 12.9. The minimum absolute atomic E-state index is 0.543. The van der Waals surface area contributed by atoms with Gasteiger partial charge in [-0.25, -0.2) is 0 Å². The van der Waals surface area contributed by atoms with Gasteiger partial charge in [0.1, 0.15) is 0 Å². The van der Waals surface area contributed by atoms with Crippen molar-refractivity contribution in [2.24, 2.45) is 9.98 Å². The van der Waals surface area contributed by atoms with Gasteiger partial charge in [0.15, 0.2) is 0 Å². The molecule has 0 bridgehead atoms. The van der Waals surface area contributed by atoms with Crippen LogP contribution in [-0.4, -0.2) is 29.5 Å². The molecule has 1 heterocycles. The third-order valence-corrected chi connectivity index (χ3v) is 4.73. The maximum absolute atomic E-state index is 4.72. The largest absolute Gasteiger partial charge is 0.353 e. The maximum Gasteiger partial charge on any atom is 0.0567 e. The van der Waals surface area contributed by atoms with E-state index in [9.17, 15) is 0 Å². The fourth-order valence-corrected chi connectivity index (χ4v) is 3.41. The Morgan fingerprint density at radius 2 is 1.14 bits per heavy atom. The molecule has 2 fully saturated rings. The van der Waals surface area contributed by atoms with Crippen LogP contribution in [0.4, 0.5) is 0 Å². The van der Waals surface area contributed by atoms with Crippen LogP contribution in [-0.2, 0) is 0 Å². The normalized spacial score (nSPS) is 22.5. The van der Waals surface area contributed by atoms with E-state index < -0.39 is 0 Å². The summed E-state index contributed by atoms with van der Waals surface area (Å²) in [6, 6.07) is 5.30. The number of nitrogens with zero attached hydrogens (tertiary/aromatic N) is 2. The van der Waals surface area contributed by atoms with Crippen LogP contribution in [0.25, 0.3) is 0 Å². The Morgan fingerprint density at radius 1 is 0.714 bits per heavy atom. The average molecular weight is 285 g/mol. The summed E-state index contributed by atoms with van der Waals surface area (Å²) < 4.78 is 0. The second-order valence-electron chi connectivity index (χ2n) is 6.51. The molecule has 3 heteroatoms. The van der Waals surface area contributed by atoms with Crippen LogP contribution in [0.15, 0.2) is 22.1 Å². The molecule has 0 aliphatic heterocycles. The molecule has 3 nitrogen and oxygen atoms in total. The van der Waals surface area contributed by atoms with Crippen LogP contribution < -0.4 is 0 Å². The first-order chi connectivity index (χ1) is 10.4. The van der Waals surface area contributed by atoms with E-state index in [0.717, 1.165) is 11.4 Å². The summed E-state index contributed by atoms with van der Waals surface area (Å²) in [6.45, 7) is 0. The van der Waals surface area contributed by atoms with Crippen LogP contribution in [0.3, 0.4) is 0 Å².